The van der Waals surface area contributed by atoms with E-state index in [9.17, 15) is 9.59 Å². The number of nitrogens with zero attached hydrogens (tertiary/aromatic N) is 2. The molecule has 0 atom stereocenters. The van der Waals surface area contributed by atoms with Crippen molar-refractivity contribution in [2.45, 2.75) is 25.8 Å². The van der Waals surface area contributed by atoms with Crippen LogP contribution in [0.4, 0.5) is 4.79 Å². The van der Waals surface area contributed by atoms with Crippen molar-refractivity contribution in [3.05, 3.63) is 58.3 Å². The third-order valence-corrected chi connectivity index (χ3v) is 5.52. The van der Waals surface area contributed by atoms with Gasteiger partial charge in [0.2, 0.25) is 5.91 Å². The summed E-state index contributed by atoms with van der Waals surface area (Å²) in [6, 6.07) is 13.9. The topological polar surface area (TPSA) is 52.7 Å². The highest BCUT2D eigenvalue weighted by Crippen LogP contribution is 2.13. The van der Waals surface area contributed by atoms with Gasteiger partial charge in [0.1, 0.15) is 0 Å². The number of rotatable bonds is 5. The summed E-state index contributed by atoms with van der Waals surface area (Å²) < 4.78 is 0. The van der Waals surface area contributed by atoms with E-state index in [0.717, 1.165) is 24.9 Å². The predicted octanol–water partition coefficient (Wildman–Crippen LogP) is 3.12. The summed E-state index contributed by atoms with van der Waals surface area (Å²) >= 11 is 1.69. The largest absolute Gasteiger partial charge is 0.341 e. The number of thiophene rings is 1. The molecule has 1 aromatic carbocycles. The van der Waals surface area contributed by atoms with Gasteiger partial charge in [0.05, 0.1) is 0 Å². The first kappa shape index (κ1) is 18.5. The molecule has 3 rings (SSSR count). The maximum Gasteiger partial charge on any atom is 0.317 e. The van der Waals surface area contributed by atoms with E-state index in [0.29, 0.717) is 32.6 Å². The number of nitrogens with one attached hydrogen (secondary N) is 1. The number of benzene rings is 1. The van der Waals surface area contributed by atoms with Crippen molar-refractivity contribution in [2.24, 2.45) is 0 Å². The summed E-state index contributed by atoms with van der Waals surface area (Å²) in [6.45, 7) is 3.15. The summed E-state index contributed by atoms with van der Waals surface area (Å²) in [4.78, 5) is 29.8. The van der Waals surface area contributed by atoms with Crippen molar-refractivity contribution < 1.29 is 9.59 Å². The Morgan fingerprint density at radius 1 is 0.962 bits per heavy atom. The van der Waals surface area contributed by atoms with Crippen LogP contribution < -0.4 is 5.32 Å². The van der Waals surface area contributed by atoms with Gasteiger partial charge in [-0.15, -0.1) is 11.3 Å². The third-order valence-electron chi connectivity index (χ3n) is 4.59. The molecule has 6 heteroatoms. The Morgan fingerprint density at radius 3 is 2.50 bits per heavy atom. The Hall–Kier alpha value is -2.34. The zero-order valence-corrected chi connectivity index (χ0v) is 15.7. The normalized spacial score (nSPS) is 14.8. The van der Waals surface area contributed by atoms with E-state index in [1.165, 1.54) is 4.88 Å². The van der Waals surface area contributed by atoms with Crippen LogP contribution in [0.2, 0.25) is 0 Å². The number of carbonyl (C=O) groups excluding carboxylic acids is 2. The van der Waals surface area contributed by atoms with Crippen LogP contribution in [-0.2, 0) is 17.8 Å². The summed E-state index contributed by atoms with van der Waals surface area (Å²) in [5.74, 6) is 0.185. The minimum Gasteiger partial charge on any atom is -0.341 e. The molecular formula is C20H25N3O2S. The maximum atomic E-state index is 12.4. The molecule has 1 aromatic heterocycles. The quantitative estimate of drug-likeness (QED) is 0.878. The summed E-state index contributed by atoms with van der Waals surface area (Å²) in [5.41, 5.74) is 1.08. The minimum atomic E-state index is -0.0539. The molecule has 1 aliphatic heterocycles. The molecular weight excluding hydrogens is 346 g/mol. The molecule has 0 unspecified atom stereocenters. The monoisotopic (exact) mass is 371 g/mol. The lowest BCUT2D eigenvalue weighted by molar-refractivity contribution is -0.131. The zero-order valence-electron chi connectivity index (χ0n) is 14.9. The Labute approximate surface area is 158 Å². The zero-order chi connectivity index (χ0) is 18.2. The highest BCUT2D eigenvalue weighted by molar-refractivity contribution is 7.09. The predicted molar refractivity (Wildman–Crippen MR) is 104 cm³/mol. The molecule has 3 amide bonds. The van der Waals surface area contributed by atoms with E-state index in [1.54, 1.807) is 11.3 Å². The Morgan fingerprint density at radius 2 is 1.73 bits per heavy atom. The van der Waals surface area contributed by atoms with Crippen LogP contribution >= 0.6 is 11.3 Å². The van der Waals surface area contributed by atoms with Crippen LogP contribution in [0.5, 0.6) is 0 Å². The Kier molecular flexibility index (Phi) is 6.66. The first-order valence-corrected chi connectivity index (χ1v) is 9.97. The second-order valence-corrected chi connectivity index (χ2v) is 7.48. The Balaban J connectivity index is 1.43. The molecule has 2 heterocycles. The summed E-state index contributed by atoms with van der Waals surface area (Å²) in [7, 11) is 0. The SMILES string of the molecule is O=C(CCc1cccs1)N1CCCN(C(=O)NCc2ccccc2)CC1. The highest BCUT2D eigenvalue weighted by Gasteiger charge is 2.21. The maximum absolute atomic E-state index is 12.4. The first-order valence-electron chi connectivity index (χ1n) is 9.09. The van der Waals surface area contributed by atoms with Crippen molar-refractivity contribution in [1.82, 2.24) is 15.1 Å². The molecule has 0 aliphatic carbocycles. The number of hydrogen-bond donors (Lipinski definition) is 1. The van der Waals surface area contributed by atoms with Gasteiger partial charge in [-0.3, -0.25) is 4.79 Å². The van der Waals surface area contributed by atoms with E-state index in [-0.39, 0.29) is 11.9 Å². The van der Waals surface area contributed by atoms with Crippen molar-refractivity contribution in [3.8, 4) is 0 Å². The van der Waals surface area contributed by atoms with Gasteiger partial charge in [-0.25, -0.2) is 4.79 Å². The third kappa shape index (κ3) is 5.33. The van der Waals surface area contributed by atoms with Crippen molar-refractivity contribution in [3.63, 3.8) is 0 Å². The van der Waals surface area contributed by atoms with E-state index < -0.39 is 0 Å². The lowest BCUT2D eigenvalue weighted by Crippen LogP contribution is -2.42. The van der Waals surface area contributed by atoms with Crippen LogP contribution in [0.15, 0.2) is 47.8 Å². The highest BCUT2D eigenvalue weighted by atomic mass is 32.1. The molecule has 2 aromatic rings. The number of carbonyl (C=O) groups is 2. The van der Waals surface area contributed by atoms with Crippen LogP contribution in [0, 0.1) is 0 Å². The smallest absolute Gasteiger partial charge is 0.317 e. The van der Waals surface area contributed by atoms with Gasteiger partial charge < -0.3 is 15.1 Å². The average Bonchev–Trinajstić information content (AvgIpc) is 3.07. The van der Waals surface area contributed by atoms with E-state index in [2.05, 4.69) is 11.4 Å². The van der Waals surface area contributed by atoms with Gasteiger partial charge in [-0.05, 0) is 29.9 Å². The van der Waals surface area contributed by atoms with Gasteiger partial charge in [0, 0.05) is 44.0 Å². The molecule has 0 radical (unpaired) electrons. The summed E-state index contributed by atoms with van der Waals surface area (Å²) in [6.07, 6.45) is 2.17. The number of amides is 3. The molecule has 0 spiro atoms. The van der Waals surface area contributed by atoms with E-state index >= 15 is 0 Å². The molecule has 0 bridgehead atoms. The molecule has 1 fully saturated rings. The van der Waals surface area contributed by atoms with Gasteiger partial charge >= 0.3 is 6.03 Å². The van der Waals surface area contributed by atoms with Gasteiger partial charge in [-0.2, -0.15) is 0 Å². The van der Waals surface area contributed by atoms with Crippen molar-refractivity contribution in [2.75, 3.05) is 26.2 Å². The lowest BCUT2D eigenvalue weighted by Gasteiger charge is -2.22. The van der Waals surface area contributed by atoms with Crippen molar-refractivity contribution >= 4 is 23.3 Å². The molecule has 138 valence electrons. The standard InChI is InChI=1S/C20H25N3O2S/c24-19(10-9-18-8-4-15-26-18)22-11-5-12-23(14-13-22)20(25)21-16-17-6-2-1-3-7-17/h1-4,6-8,15H,5,9-14,16H2,(H,21,25). The van der Waals surface area contributed by atoms with Gasteiger partial charge in [0.15, 0.2) is 0 Å². The number of aryl methyl sites for hydroxylation is 1. The molecule has 5 nitrogen and oxygen atoms in total. The first-order chi connectivity index (χ1) is 12.7. The van der Waals surface area contributed by atoms with Crippen LogP contribution in [0.1, 0.15) is 23.3 Å². The second-order valence-electron chi connectivity index (χ2n) is 6.45. The van der Waals surface area contributed by atoms with Gasteiger partial charge in [-0.1, -0.05) is 36.4 Å². The minimum absolute atomic E-state index is 0.0539. The molecule has 1 N–H and O–H groups in total. The van der Waals surface area contributed by atoms with Gasteiger partial charge in [0.25, 0.3) is 0 Å². The second kappa shape index (κ2) is 9.38. The summed E-state index contributed by atoms with van der Waals surface area (Å²) in [5, 5.41) is 5.01. The lowest BCUT2D eigenvalue weighted by atomic mass is 10.2. The van der Waals surface area contributed by atoms with Crippen LogP contribution in [-0.4, -0.2) is 47.9 Å². The van der Waals surface area contributed by atoms with E-state index in [1.807, 2.05) is 51.6 Å². The average molecular weight is 372 g/mol. The fourth-order valence-electron chi connectivity index (χ4n) is 3.10. The molecule has 1 aliphatic rings. The number of hydrogen-bond acceptors (Lipinski definition) is 3. The molecule has 0 saturated carbocycles. The molecule has 26 heavy (non-hydrogen) atoms. The fourth-order valence-corrected chi connectivity index (χ4v) is 3.81. The number of urea groups is 1. The molecule has 1 saturated heterocycles. The van der Waals surface area contributed by atoms with Crippen LogP contribution in [0.25, 0.3) is 0 Å². The van der Waals surface area contributed by atoms with E-state index in [4.69, 9.17) is 0 Å². The Bertz CT molecular complexity index is 703. The van der Waals surface area contributed by atoms with Crippen molar-refractivity contribution in [1.29, 1.82) is 0 Å². The fraction of sp³-hybridized carbons (Fsp3) is 0.400. The van der Waals surface area contributed by atoms with Crippen LogP contribution in [0.3, 0.4) is 0 Å².